The first-order valence-corrected chi connectivity index (χ1v) is 13.5. The first kappa shape index (κ1) is 19.7. The molecule has 0 bridgehead atoms. The van der Waals surface area contributed by atoms with Gasteiger partial charge in [-0.05, 0) is 68.9 Å². The molecule has 2 heterocycles. The van der Waals surface area contributed by atoms with Crippen LogP contribution in [0.15, 0.2) is 114 Å². The van der Waals surface area contributed by atoms with E-state index in [4.69, 9.17) is 4.42 Å². The van der Waals surface area contributed by atoms with Gasteiger partial charge < -0.3 is 4.42 Å². The van der Waals surface area contributed by atoms with Crippen molar-refractivity contribution in [1.82, 2.24) is 0 Å². The molecule has 0 saturated heterocycles. The molecular weight excluding hydrogens is 468 g/mol. The number of fused-ring (bicyclic) bond motifs is 13. The van der Waals surface area contributed by atoms with Gasteiger partial charge in [0, 0.05) is 42.9 Å². The Balaban J connectivity index is 1.31. The summed E-state index contributed by atoms with van der Waals surface area (Å²) in [6, 6.07) is 39.9. The van der Waals surface area contributed by atoms with Crippen molar-refractivity contribution >= 4 is 64.2 Å². The lowest BCUT2D eigenvalue weighted by Gasteiger charge is -2.08. The zero-order valence-corrected chi connectivity index (χ0v) is 20.7. The first-order chi connectivity index (χ1) is 18.3. The quantitative estimate of drug-likeness (QED) is 0.224. The van der Waals surface area contributed by atoms with Crippen molar-refractivity contribution in [2.75, 3.05) is 0 Å². The molecule has 0 unspecified atom stereocenters. The third-order valence-electron chi connectivity index (χ3n) is 8.10. The Hall–Kier alpha value is -4.40. The Morgan fingerprint density at radius 3 is 2.24 bits per heavy atom. The van der Waals surface area contributed by atoms with Crippen LogP contribution in [0.5, 0.6) is 0 Å². The Morgan fingerprint density at radius 2 is 1.30 bits per heavy atom. The molecule has 0 spiro atoms. The number of rotatable bonds is 1. The smallest absolute Gasteiger partial charge is 0.140 e. The molecule has 9 rings (SSSR count). The normalized spacial score (nSPS) is 12.8. The van der Waals surface area contributed by atoms with Crippen LogP contribution in [0.2, 0.25) is 0 Å². The maximum Gasteiger partial charge on any atom is 0.140 e. The minimum atomic E-state index is 0.918. The fourth-order valence-electron chi connectivity index (χ4n) is 6.44. The maximum absolute atomic E-state index is 6.74. The Labute approximate surface area is 217 Å². The lowest BCUT2D eigenvalue weighted by Crippen LogP contribution is -1.85. The maximum atomic E-state index is 6.74. The van der Waals surface area contributed by atoms with Crippen molar-refractivity contribution in [3.63, 3.8) is 0 Å². The summed E-state index contributed by atoms with van der Waals surface area (Å²) in [5.74, 6) is 0. The van der Waals surface area contributed by atoms with Gasteiger partial charge in [0.1, 0.15) is 11.2 Å². The van der Waals surface area contributed by atoms with Gasteiger partial charge in [0.25, 0.3) is 0 Å². The summed E-state index contributed by atoms with van der Waals surface area (Å²) >= 11 is 1.86. The van der Waals surface area contributed by atoms with E-state index >= 15 is 0 Å². The largest absolute Gasteiger partial charge is 0.456 e. The molecule has 6 aromatic carbocycles. The second-order valence-corrected chi connectivity index (χ2v) is 11.1. The molecule has 172 valence electrons. The van der Waals surface area contributed by atoms with E-state index in [9.17, 15) is 0 Å². The van der Waals surface area contributed by atoms with E-state index in [0.717, 1.165) is 17.6 Å². The van der Waals surface area contributed by atoms with E-state index in [1.807, 2.05) is 11.3 Å². The van der Waals surface area contributed by atoms with Gasteiger partial charge in [0.2, 0.25) is 0 Å². The highest BCUT2D eigenvalue weighted by atomic mass is 32.1. The molecule has 2 heteroatoms. The Bertz CT molecular complexity index is 2230. The van der Waals surface area contributed by atoms with Crippen molar-refractivity contribution in [1.29, 1.82) is 0 Å². The molecule has 0 saturated carbocycles. The number of benzene rings is 6. The number of furan rings is 1. The molecule has 0 radical (unpaired) electrons. The highest BCUT2D eigenvalue weighted by Crippen LogP contribution is 2.49. The average Bonchev–Trinajstić information content (AvgIpc) is 3.63. The summed E-state index contributed by atoms with van der Waals surface area (Å²) < 4.78 is 9.41. The van der Waals surface area contributed by atoms with E-state index in [2.05, 4.69) is 109 Å². The second kappa shape index (κ2) is 7.09. The molecule has 8 aromatic rings. The summed E-state index contributed by atoms with van der Waals surface area (Å²) in [5.41, 5.74) is 9.79. The minimum Gasteiger partial charge on any atom is -0.456 e. The van der Waals surface area contributed by atoms with Crippen molar-refractivity contribution < 1.29 is 4.42 Å². The summed E-state index contributed by atoms with van der Waals surface area (Å²) in [7, 11) is 0. The fourth-order valence-corrected chi connectivity index (χ4v) is 7.53. The molecular formula is C35H20OS. The van der Waals surface area contributed by atoms with Crippen molar-refractivity contribution in [2.24, 2.45) is 0 Å². The fraction of sp³-hybridized carbons (Fsp3) is 0.0286. The molecule has 0 N–H and O–H groups in total. The molecule has 37 heavy (non-hydrogen) atoms. The van der Waals surface area contributed by atoms with Gasteiger partial charge >= 0.3 is 0 Å². The van der Waals surface area contributed by atoms with Crippen LogP contribution >= 0.6 is 11.3 Å². The van der Waals surface area contributed by atoms with Gasteiger partial charge in [-0.1, -0.05) is 78.9 Å². The highest BCUT2D eigenvalue weighted by molar-refractivity contribution is 7.25. The third kappa shape index (κ3) is 2.63. The monoisotopic (exact) mass is 488 g/mol. The molecule has 0 amide bonds. The van der Waals surface area contributed by atoms with Crippen LogP contribution in [-0.4, -0.2) is 0 Å². The molecule has 1 aliphatic rings. The van der Waals surface area contributed by atoms with Gasteiger partial charge in [-0.3, -0.25) is 0 Å². The predicted octanol–water partition coefficient (Wildman–Crippen LogP) is 10.3. The van der Waals surface area contributed by atoms with Gasteiger partial charge in [0.15, 0.2) is 0 Å². The summed E-state index contributed by atoms with van der Waals surface area (Å²) in [6.07, 6.45) is 0.918. The zero-order valence-electron chi connectivity index (χ0n) is 19.9. The van der Waals surface area contributed by atoms with Crippen molar-refractivity contribution in [3.05, 3.63) is 120 Å². The van der Waals surface area contributed by atoms with E-state index in [1.54, 1.807) is 0 Å². The molecule has 2 aromatic heterocycles. The summed E-state index contributed by atoms with van der Waals surface area (Å²) in [5, 5.41) is 7.67. The van der Waals surface area contributed by atoms with Crippen LogP contribution in [0.25, 0.3) is 75.1 Å². The highest BCUT2D eigenvalue weighted by Gasteiger charge is 2.27. The van der Waals surface area contributed by atoms with E-state index in [1.165, 1.54) is 75.1 Å². The van der Waals surface area contributed by atoms with Crippen LogP contribution in [0.1, 0.15) is 11.1 Å². The molecule has 1 aliphatic carbocycles. The molecule has 0 aliphatic heterocycles. The standard InChI is InChI=1S/C35H20OS/c1-2-8-23-22(7-1)18-29-33(23)25-10-3-4-11-26(25)34-27-15-13-21(19-30(27)36-35(29)34)20-14-16-32-28(17-20)24-9-5-6-12-31(24)37-32/h1-17,19H,18H2. The average molecular weight is 489 g/mol. The number of hydrogen-bond acceptors (Lipinski definition) is 2. The SMILES string of the molecule is c1ccc2c(c1)Cc1c-2c2ccccc2c2c1oc1cc(-c3ccc4sc5ccccc5c4c3)ccc12. The number of hydrogen-bond donors (Lipinski definition) is 0. The summed E-state index contributed by atoms with van der Waals surface area (Å²) in [6.45, 7) is 0. The minimum absolute atomic E-state index is 0.918. The van der Waals surface area contributed by atoms with Crippen molar-refractivity contribution in [3.8, 4) is 22.3 Å². The van der Waals surface area contributed by atoms with Crippen LogP contribution in [0, 0.1) is 0 Å². The van der Waals surface area contributed by atoms with Gasteiger partial charge in [-0.15, -0.1) is 11.3 Å². The lowest BCUT2D eigenvalue weighted by molar-refractivity contribution is 0.665. The lowest BCUT2D eigenvalue weighted by atomic mass is 9.93. The van der Waals surface area contributed by atoms with Gasteiger partial charge in [-0.2, -0.15) is 0 Å². The van der Waals surface area contributed by atoms with Crippen LogP contribution in [-0.2, 0) is 6.42 Å². The van der Waals surface area contributed by atoms with E-state index in [0.29, 0.717) is 0 Å². The molecule has 1 nitrogen and oxygen atoms in total. The Kier molecular flexibility index (Phi) is 3.78. The van der Waals surface area contributed by atoms with Crippen molar-refractivity contribution in [2.45, 2.75) is 6.42 Å². The zero-order chi connectivity index (χ0) is 24.1. The van der Waals surface area contributed by atoms with Crippen LogP contribution in [0.4, 0.5) is 0 Å². The molecule has 0 atom stereocenters. The van der Waals surface area contributed by atoms with Crippen LogP contribution in [0.3, 0.4) is 0 Å². The second-order valence-electron chi connectivity index (χ2n) is 10.1. The first-order valence-electron chi connectivity index (χ1n) is 12.7. The molecule has 0 fully saturated rings. The van der Waals surface area contributed by atoms with Gasteiger partial charge in [0.05, 0.1) is 0 Å². The van der Waals surface area contributed by atoms with E-state index in [-0.39, 0.29) is 0 Å². The topological polar surface area (TPSA) is 13.1 Å². The van der Waals surface area contributed by atoms with Crippen LogP contribution < -0.4 is 0 Å². The third-order valence-corrected chi connectivity index (χ3v) is 9.25. The number of thiophene rings is 1. The van der Waals surface area contributed by atoms with Gasteiger partial charge in [-0.25, -0.2) is 0 Å². The Morgan fingerprint density at radius 1 is 0.568 bits per heavy atom. The van der Waals surface area contributed by atoms with E-state index < -0.39 is 0 Å². The summed E-state index contributed by atoms with van der Waals surface area (Å²) in [4.78, 5) is 0. The predicted molar refractivity (Wildman–Crippen MR) is 158 cm³/mol.